The third kappa shape index (κ3) is 2.79. The van der Waals surface area contributed by atoms with E-state index in [0.717, 1.165) is 0 Å². The number of hydrogen-bond donors (Lipinski definition) is 0. The standard InChI is InChI=1S/C35H31N2/c1-21-18-29-28-15-9-14-27(24-12-5-4-6-13-24)33(28)37-30-20-26(23-10-7-8-11-23)19-25-16-17-36(3)35(32(25)30)31(22(21)2)34(29)37/h4-6,9,12-20,23H,7-8,10-11H2,1-3H3/q+1. The number of hydrogen-bond acceptors (Lipinski definition) is 0. The predicted octanol–water partition coefficient (Wildman–Crippen LogP) is 8.76. The Balaban J connectivity index is 1.70. The highest BCUT2D eigenvalue weighted by atomic mass is 15.0. The van der Waals surface area contributed by atoms with E-state index in [-0.39, 0.29) is 0 Å². The Labute approximate surface area is 217 Å². The molecule has 2 nitrogen and oxygen atoms in total. The Kier molecular flexibility index (Phi) is 4.33. The topological polar surface area (TPSA) is 8.29 Å². The number of para-hydroxylation sites is 1. The smallest absolute Gasteiger partial charge is 0.224 e. The zero-order valence-electron chi connectivity index (χ0n) is 21.8. The van der Waals surface area contributed by atoms with Crippen molar-refractivity contribution < 1.29 is 4.57 Å². The summed E-state index contributed by atoms with van der Waals surface area (Å²) in [5.74, 6) is 0.671. The molecular formula is C35H31N2+. The fourth-order valence-electron chi connectivity index (χ4n) is 7.31. The van der Waals surface area contributed by atoms with Crippen LogP contribution in [-0.2, 0) is 7.05 Å². The molecule has 1 saturated carbocycles. The number of benzene rings is 4. The van der Waals surface area contributed by atoms with Crippen molar-refractivity contribution in [1.82, 2.24) is 4.40 Å². The highest BCUT2D eigenvalue weighted by Gasteiger charge is 2.27. The summed E-state index contributed by atoms with van der Waals surface area (Å²) in [5.41, 5.74) is 12.2. The van der Waals surface area contributed by atoms with Gasteiger partial charge in [0.1, 0.15) is 7.05 Å². The van der Waals surface area contributed by atoms with Gasteiger partial charge in [-0.05, 0) is 72.4 Å². The summed E-state index contributed by atoms with van der Waals surface area (Å²) in [6.07, 6.45) is 7.59. The van der Waals surface area contributed by atoms with Gasteiger partial charge in [0, 0.05) is 22.4 Å². The Morgan fingerprint density at radius 1 is 0.784 bits per heavy atom. The maximum atomic E-state index is 2.63. The molecule has 0 spiro atoms. The molecule has 1 aliphatic rings. The normalized spacial score (nSPS) is 14.9. The minimum Gasteiger partial charge on any atom is -0.307 e. The van der Waals surface area contributed by atoms with Crippen molar-refractivity contribution in [2.75, 3.05) is 0 Å². The van der Waals surface area contributed by atoms with E-state index in [1.807, 2.05) is 0 Å². The lowest BCUT2D eigenvalue weighted by Gasteiger charge is -2.17. The van der Waals surface area contributed by atoms with Gasteiger partial charge in [-0.2, -0.15) is 0 Å². The molecule has 0 amide bonds. The molecule has 0 unspecified atom stereocenters. The lowest BCUT2D eigenvalue weighted by Crippen LogP contribution is -2.29. The first kappa shape index (κ1) is 21.2. The van der Waals surface area contributed by atoms with Crippen LogP contribution in [0.15, 0.2) is 79.0 Å². The first-order chi connectivity index (χ1) is 18.1. The fourth-order valence-corrected chi connectivity index (χ4v) is 7.31. The third-order valence-electron chi connectivity index (χ3n) is 9.22. The Morgan fingerprint density at radius 2 is 1.59 bits per heavy atom. The molecule has 0 atom stereocenters. The van der Waals surface area contributed by atoms with Crippen LogP contribution in [-0.4, -0.2) is 4.40 Å². The third-order valence-corrected chi connectivity index (χ3v) is 9.22. The predicted molar refractivity (Wildman–Crippen MR) is 156 cm³/mol. The van der Waals surface area contributed by atoms with Crippen molar-refractivity contribution in [2.45, 2.75) is 45.4 Å². The number of nitrogens with zero attached hydrogens (tertiary/aromatic N) is 2. The lowest BCUT2D eigenvalue weighted by molar-refractivity contribution is -0.643. The van der Waals surface area contributed by atoms with E-state index in [4.69, 9.17) is 0 Å². The van der Waals surface area contributed by atoms with E-state index in [1.54, 1.807) is 0 Å². The monoisotopic (exact) mass is 479 g/mol. The van der Waals surface area contributed by atoms with Crippen LogP contribution in [0.5, 0.6) is 0 Å². The first-order valence-electron chi connectivity index (χ1n) is 13.7. The van der Waals surface area contributed by atoms with Crippen LogP contribution in [0.1, 0.15) is 48.3 Å². The van der Waals surface area contributed by atoms with Gasteiger partial charge in [0.05, 0.1) is 27.3 Å². The molecule has 1 aliphatic carbocycles. The second kappa shape index (κ2) is 7.55. The number of fused-ring (bicyclic) bond motifs is 5. The highest BCUT2D eigenvalue weighted by molar-refractivity contribution is 6.27. The molecule has 0 radical (unpaired) electrons. The van der Waals surface area contributed by atoms with Crippen LogP contribution in [0.25, 0.3) is 60.1 Å². The molecule has 0 aliphatic heterocycles. The number of rotatable bonds is 2. The number of pyridine rings is 2. The van der Waals surface area contributed by atoms with Crippen molar-refractivity contribution in [3.63, 3.8) is 0 Å². The highest BCUT2D eigenvalue weighted by Crippen LogP contribution is 2.45. The van der Waals surface area contributed by atoms with Gasteiger partial charge in [-0.1, -0.05) is 67.4 Å². The molecule has 3 aromatic heterocycles. The van der Waals surface area contributed by atoms with Crippen LogP contribution in [0.3, 0.4) is 0 Å². The van der Waals surface area contributed by atoms with Gasteiger partial charge in [-0.3, -0.25) is 0 Å². The first-order valence-corrected chi connectivity index (χ1v) is 13.7. The fraction of sp³-hybridized carbons (Fsp3) is 0.229. The van der Waals surface area contributed by atoms with E-state index in [1.165, 1.54) is 102 Å². The molecule has 180 valence electrons. The molecule has 3 heterocycles. The van der Waals surface area contributed by atoms with E-state index in [9.17, 15) is 0 Å². The average molecular weight is 480 g/mol. The van der Waals surface area contributed by atoms with Gasteiger partial charge in [-0.25, -0.2) is 4.57 Å². The molecule has 0 bridgehead atoms. The van der Waals surface area contributed by atoms with Crippen LogP contribution in [0.2, 0.25) is 0 Å². The molecule has 2 heteroatoms. The molecule has 8 rings (SSSR count). The second-order valence-corrected chi connectivity index (χ2v) is 11.3. The molecule has 0 N–H and O–H groups in total. The molecule has 37 heavy (non-hydrogen) atoms. The van der Waals surface area contributed by atoms with Gasteiger partial charge in [0.2, 0.25) is 5.52 Å². The molecule has 1 fully saturated rings. The molecule has 0 saturated heterocycles. The van der Waals surface area contributed by atoms with Gasteiger partial charge in [0.15, 0.2) is 6.20 Å². The van der Waals surface area contributed by atoms with Crippen LogP contribution < -0.4 is 4.57 Å². The molecular weight excluding hydrogens is 448 g/mol. The largest absolute Gasteiger partial charge is 0.307 e. The summed E-state index contributed by atoms with van der Waals surface area (Å²) < 4.78 is 4.98. The van der Waals surface area contributed by atoms with Gasteiger partial charge in [0.25, 0.3) is 0 Å². The molecule has 4 aromatic carbocycles. The summed E-state index contributed by atoms with van der Waals surface area (Å²) in [6.45, 7) is 4.58. The van der Waals surface area contributed by atoms with Crippen molar-refractivity contribution >= 4 is 49.0 Å². The quantitative estimate of drug-likeness (QED) is 0.133. The maximum Gasteiger partial charge on any atom is 0.224 e. The summed E-state index contributed by atoms with van der Waals surface area (Å²) >= 11 is 0. The SMILES string of the molecule is Cc1cc2c3cccc(-c4ccccc4)c3n3c4cc(C5CCCC5)cc5cc[n+](C)c(c(c1C)c23)c54. The van der Waals surface area contributed by atoms with Crippen LogP contribution in [0.4, 0.5) is 0 Å². The van der Waals surface area contributed by atoms with E-state index >= 15 is 0 Å². The average Bonchev–Trinajstić information content (AvgIpc) is 3.58. The van der Waals surface area contributed by atoms with Crippen molar-refractivity contribution in [3.8, 4) is 11.1 Å². The van der Waals surface area contributed by atoms with Gasteiger partial charge in [-0.15, -0.1) is 0 Å². The minimum atomic E-state index is 0.671. The maximum absolute atomic E-state index is 2.63. The zero-order valence-corrected chi connectivity index (χ0v) is 21.8. The second-order valence-electron chi connectivity index (χ2n) is 11.3. The summed E-state index contributed by atoms with van der Waals surface area (Å²) in [5, 5.41) is 6.84. The number of aromatic nitrogens is 2. The van der Waals surface area contributed by atoms with E-state index in [2.05, 4.69) is 109 Å². The van der Waals surface area contributed by atoms with Crippen molar-refractivity contribution in [2.24, 2.45) is 7.05 Å². The van der Waals surface area contributed by atoms with Gasteiger partial charge < -0.3 is 4.40 Å². The van der Waals surface area contributed by atoms with Crippen LogP contribution in [0, 0.1) is 13.8 Å². The Morgan fingerprint density at radius 3 is 2.41 bits per heavy atom. The van der Waals surface area contributed by atoms with Crippen molar-refractivity contribution in [3.05, 3.63) is 95.7 Å². The summed E-state index contributed by atoms with van der Waals surface area (Å²) in [6, 6.07) is 27.6. The lowest BCUT2D eigenvalue weighted by atomic mass is 9.92. The summed E-state index contributed by atoms with van der Waals surface area (Å²) in [7, 11) is 2.21. The van der Waals surface area contributed by atoms with Gasteiger partial charge >= 0.3 is 0 Å². The zero-order chi connectivity index (χ0) is 24.8. The van der Waals surface area contributed by atoms with E-state index in [0.29, 0.717) is 5.92 Å². The van der Waals surface area contributed by atoms with Crippen molar-refractivity contribution in [1.29, 1.82) is 0 Å². The Hall–Kier alpha value is -3.91. The minimum absolute atomic E-state index is 0.671. The molecule has 7 aromatic rings. The van der Waals surface area contributed by atoms with Crippen LogP contribution >= 0.6 is 0 Å². The Bertz CT molecular complexity index is 2000. The number of aryl methyl sites for hydroxylation is 3. The summed E-state index contributed by atoms with van der Waals surface area (Å²) in [4.78, 5) is 0. The van der Waals surface area contributed by atoms with E-state index < -0.39 is 0 Å².